The molecule has 0 unspecified atom stereocenters. The highest BCUT2D eigenvalue weighted by atomic mass is 16.1. The van der Waals surface area contributed by atoms with E-state index in [0.29, 0.717) is 13.1 Å². The highest BCUT2D eigenvalue weighted by molar-refractivity contribution is 5.78. The smallest absolute Gasteiger partial charge is 0.234 e. The lowest BCUT2D eigenvalue weighted by molar-refractivity contribution is -0.120. The number of rotatable bonds is 5. The van der Waals surface area contributed by atoms with E-state index in [1.165, 1.54) is 0 Å². The molecule has 0 spiro atoms. The summed E-state index contributed by atoms with van der Waals surface area (Å²) in [6.07, 6.45) is 1.74. The van der Waals surface area contributed by atoms with Crippen molar-refractivity contribution in [3.05, 3.63) is 30.1 Å². The van der Waals surface area contributed by atoms with Crippen LogP contribution in [0.2, 0.25) is 0 Å². The van der Waals surface area contributed by atoms with E-state index in [2.05, 4.69) is 15.6 Å². The molecule has 1 rings (SSSR count). The minimum atomic E-state index is 0.0148. The first-order chi connectivity index (χ1) is 7.18. The summed E-state index contributed by atoms with van der Waals surface area (Å²) in [6, 6.07) is 5.91. The van der Waals surface area contributed by atoms with Gasteiger partial charge in [0, 0.05) is 18.8 Å². The van der Waals surface area contributed by atoms with Crippen LogP contribution in [-0.2, 0) is 11.3 Å². The lowest BCUT2D eigenvalue weighted by Crippen LogP contribution is -2.37. The lowest BCUT2D eigenvalue weighted by Gasteiger charge is -2.08. The molecule has 1 heterocycles. The molecule has 1 amide bonds. The summed E-state index contributed by atoms with van der Waals surface area (Å²) < 4.78 is 0. The zero-order valence-corrected chi connectivity index (χ0v) is 9.16. The molecule has 0 aliphatic rings. The molecule has 0 aliphatic heterocycles. The number of nitrogens with zero attached hydrogens (tertiary/aromatic N) is 1. The van der Waals surface area contributed by atoms with Crippen LogP contribution in [0, 0.1) is 0 Å². The molecule has 0 bridgehead atoms. The zero-order chi connectivity index (χ0) is 11.1. The SMILES string of the molecule is CC(C)NC(=O)CNCc1ccccn1. The molecule has 4 heteroatoms. The first kappa shape index (κ1) is 11.7. The maximum absolute atomic E-state index is 11.2. The van der Waals surface area contributed by atoms with E-state index in [-0.39, 0.29) is 11.9 Å². The molecule has 0 atom stereocenters. The van der Waals surface area contributed by atoms with E-state index in [0.717, 1.165) is 5.69 Å². The number of carbonyl (C=O) groups excluding carboxylic acids is 1. The summed E-state index contributed by atoms with van der Waals surface area (Å²) in [5.41, 5.74) is 0.940. The molecule has 0 aromatic carbocycles. The number of aromatic nitrogens is 1. The predicted octanol–water partition coefficient (Wildman–Crippen LogP) is 0.696. The van der Waals surface area contributed by atoms with Gasteiger partial charge in [0.15, 0.2) is 0 Å². The van der Waals surface area contributed by atoms with E-state index < -0.39 is 0 Å². The van der Waals surface area contributed by atoms with Crippen LogP contribution in [-0.4, -0.2) is 23.5 Å². The Morgan fingerprint density at radius 3 is 2.87 bits per heavy atom. The van der Waals surface area contributed by atoms with Crippen LogP contribution in [0.15, 0.2) is 24.4 Å². The molecule has 82 valence electrons. The molecule has 0 aliphatic carbocycles. The molecule has 15 heavy (non-hydrogen) atoms. The average molecular weight is 207 g/mol. The topological polar surface area (TPSA) is 54.0 Å². The van der Waals surface area contributed by atoms with Crippen molar-refractivity contribution in [1.82, 2.24) is 15.6 Å². The molecule has 0 fully saturated rings. The van der Waals surface area contributed by atoms with E-state index in [1.54, 1.807) is 6.20 Å². The highest BCUT2D eigenvalue weighted by Crippen LogP contribution is 1.91. The first-order valence-electron chi connectivity index (χ1n) is 5.08. The molecular weight excluding hydrogens is 190 g/mol. The number of carbonyl (C=O) groups is 1. The molecule has 1 aromatic rings. The van der Waals surface area contributed by atoms with Crippen molar-refractivity contribution in [2.24, 2.45) is 0 Å². The molecular formula is C11H17N3O. The maximum Gasteiger partial charge on any atom is 0.234 e. The Morgan fingerprint density at radius 2 is 2.27 bits per heavy atom. The number of amides is 1. The van der Waals surface area contributed by atoms with Crippen molar-refractivity contribution < 1.29 is 4.79 Å². The number of pyridine rings is 1. The Balaban J connectivity index is 2.19. The average Bonchev–Trinajstić information content (AvgIpc) is 2.18. The minimum absolute atomic E-state index is 0.0148. The standard InChI is InChI=1S/C11H17N3O/c1-9(2)14-11(15)8-12-7-10-5-3-4-6-13-10/h3-6,9,12H,7-8H2,1-2H3,(H,14,15). The van der Waals surface area contributed by atoms with E-state index >= 15 is 0 Å². The summed E-state index contributed by atoms with van der Waals surface area (Å²) in [5, 5.41) is 5.84. The minimum Gasteiger partial charge on any atom is -0.353 e. The van der Waals surface area contributed by atoms with Crippen LogP contribution in [0.5, 0.6) is 0 Å². The third kappa shape index (κ3) is 5.12. The number of nitrogens with one attached hydrogen (secondary N) is 2. The summed E-state index contributed by atoms with van der Waals surface area (Å²) >= 11 is 0. The van der Waals surface area contributed by atoms with Crippen molar-refractivity contribution in [3.63, 3.8) is 0 Å². The maximum atomic E-state index is 11.2. The van der Waals surface area contributed by atoms with Crippen LogP contribution in [0.4, 0.5) is 0 Å². The Kier molecular flexibility index (Phi) is 4.77. The van der Waals surface area contributed by atoms with Crippen molar-refractivity contribution in [1.29, 1.82) is 0 Å². The summed E-state index contributed by atoms with van der Waals surface area (Å²) in [5.74, 6) is 0.0148. The fraction of sp³-hybridized carbons (Fsp3) is 0.455. The Bertz CT molecular complexity index is 298. The molecule has 0 saturated carbocycles. The van der Waals surface area contributed by atoms with Gasteiger partial charge in [0.05, 0.1) is 12.2 Å². The Morgan fingerprint density at radius 1 is 1.47 bits per heavy atom. The number of hydrogen-bond acceptors (Lipinski definition) is 3. The molecule has 0 saturated heterocycles. The second-order valence-corrected chi connectivity index (χ2v) is 3.65. The Labute approximate surface area is 90.1 Å². The van der Waals surface area contributed by atoms with Crippen molar-refractivity contribution in [2.45, 2.75) is 26.4 Å². The quantitative estimate of drug-likeness (QED) is 0.747. The second kappa shape index (κ2) is 6.14. The van der Waals surface area contributed by atoms with Crippen LogP contribution in [0.1, 0.15) is 19.5 Å². The van der Waals surface area contributed by atoms with E-state index in [9.17, 15) is 4.79 Å². The van der Waals surface area contributed by atoms with Gasteiger partial charge in [-0.1, -0.05) is 6.07 Å². The molecule has 2 N–H and O–H groups in total. The van der Waals surface area contributed by atoms with Crippen molar-refractivity contribution in [3.8, 4) is 0 Å². The fourth-order valence-electron chi connectivity index (χ4n) is 1.18. The predicted molar refractivity (Wildman–Crippen MR) is 59.2 cm³/mol. The van der Waals surface area contributed by atoms with Crippen LogP contribution in [0.3, 0.4) is 0 Å². The van der Waals surface area contributed by atoms with Gasteiger partial charge in [-0.3, -0.25) is 9.78 Å². The lowest BCUT2D eigenvalue weighted by atomic mass is 10.3. The number of hydrogen-bond donors (Lipinski definition) is 2. The Hall–Kier alpha value is -1.42. The van der Waals surface area contributed by atoms with Gasteiger partial charge in [-0.2, -0.15) is 0 Å². The van der Waals surface area contributed by atoms with E-state index in [4.69, 9.17) is 0 Å². The zero-order valence-electron chi connectivity index (χ0n) is 9.16. The van der Waals surface area contributed by atoms with Gasteiger partial charge in [-0.25, -0.2) is 0 Å². The summed E-state index contributed by atoms with van der Waals surface area (Å²) in [7, 11) is 0. The third-order valence-electron chi connectivity index (χ3n) is 1.77. The fourth-order valence-corrected chi connectivity index (χ4v) is 1.18. The van der Waals surface area contributed by atoms with Gasteiger partial charge in [-0.15, -0.1) is 0 Å². The van der Waals surface area contributed by atoms with Crippen molar-refractivity contribution >= 4 is 5.91 Å². The van der Waals surface area contributed by atoms with Gasteiger partial charge in [0.2, 0.25) is 5.91 Å². The van der Waals surface area contributed by atoms with Gasteiger partial charge >= 0.3 is 0 Å². The summed E-state index contributed by atoms with van der Waals surface area (Å²) in [6.45, 7) is 4.83. The van der Waals surface area contributed by atoms with Crippen molar-refractivity contribution in [2.75, 3.05) is 6.54 Å². The normalized spacial score (nSPS) is 10.3. The summed E-state index contributed by atoms with van der Waals surface area (Å²) in [4.78, 5) is 15.4. The van der Waals surface area contributed by atoms with Crippen LogP contribution < -0.4 is 10.6 Å². The second-order valence-electron chi connectivity index (χ2n) is 3.65. The molecule has 1 aromatic heterocycles. The van der Waals surface area contributed by atoms with Gasteiger partial charge in [-0.05, 0) is 26.0 Å². The van der Waals surface area contributed by atoms with E-state index in [1.807, 2.05) is 32.0 Å². The van der Waals surface area contributed by atoms with Crippen LogP contribution in [0.25, 0.3) is 0 Å². The highest BCUT2D eigenvalue weighted by Gasteiger charge is 2.01. The monoisotopic (exact) mass is 207 g/mol. The largest absolute Gasteiger partial charge is 0.353 e. The molecule has 0 radical (unpaired) electrons. The van der Waals surface area contributed by atoms with Crippen LogP contribution >= 0.6 is 0 Å². The van der Waals surface area contributed by atoms with Gasteiger partial charge in [0.25, 0.3) is 0 Å². The van der Waals surface area contributed by atoms with Gasteiger partial charge < -0.3 is 10.6 Å². The van der Waals surface area contributed by atoms with Gasteiger partial charge in [0.1, 0.15) is 0 Å². The third-order valence-corrected chi connectivity index (χ3v) is 1.77. The first-order valence-corrected chi connectivity index (χ1v) is 5.08. The molecule has 4 nitrogen and oxygen atoms in total.